The first kappa shape index (κ1) is 33.9. The lowest BCUT2D eigenvalue weighted by Crippen LogP contribution is -2.69. The predicted octanol–water partition coefficient (Wildman–Crippen LogP) is 6.17. The number of rotatable bonds is 5. The zero-order chi connectivity index (χ0) is 33.3. The molecule has 0 aromatic carbocycles. The molecular formula is C36H55NO8. The fraction of sp³-hybridized carbons (Fsp3) is 0.833. The van der Waals surface area contributed by atoms with E-state index in [4.69, 9.17) is 14.2 Å². The van der Waals surface area contributed by atoms with E-state index in [1.807, 2.05) is 6.92 Å². The third-order valence-electron chi connectivity index (χ3n) is 14.4. The number of hydrogen-bond acceptors (Lipinski definition) is 8. The zero-order valence-electron chi connectivity index (χ0n) is 28.8. The molecule has 0 aliphatic heterocycles. The number of carbonyl (C=O) groups is 4. The van der Waals surface area contributed by atoms with Gasteiger partial charge in [-0.1, -0.05) is 53.2 Å². The van der Waals surface area contributed by atoms with Crippen LogP contribution in [0.5, 0.6) is 0 Å². The Morgan fingerprint density at radius 2 is 1.56 bits per heavy atom. The van der Waals surface area contributed by atoms with Gasteiger partial charge in [-0.05, 0) is 97.2 Å². The molecule has 4 saturated carbocycles. The van der Waals surface area contributed by atoms with Crippen LogP contribution in [0.1, 0.15) is 114 Å². The van der Waals surface area contributed by atoms with E-state index < -0.39 is 40.9 Å². The number of carbonyl (C=O) groups excluding carboxylic acids is 4. The molecule has 0 aromatic rings. The molecule has 5 aliphatic rings. The number of esters is 3. The molecule has 0 aromatic heterocycles. The van der Waals surface area contributed by atoms with Crippen molar-refractivity contribution in [3.8, 4) is 0 Å². The van der Waals surface area contributed by atoms with Crippen molar-refractivity contribution < 1.29 is 38.6 Å². The summed E-state index contributed by atoms with van der Waals surface area (Å²) >= 11 is 0. The van der Waals surface area contributed by atoms with Crippen LogP contribution in [-0.2, 0) is 33.4 Å². The van der Waals surface area contributed by atoms with Crippen LogP contribution in [0.15, 0.2) is 11.6 Å². The standard InChI is InChI=1S/C36H55NO8/c1-20-12-15-36(31(41)37-42)17-16-34(8)25(29(36)21(20)2)10-11-28-32(6)18-26(44-23(4)39)30(45-24(5)40)33(7,19-43-22(3)38)27(32)13-14-35(28,34)9/h10,20-21,26-30,42H,11-19H2,1-9H3,(H,37,41)/t20-,21+,26-,27-,28-,29+,30+,32+,33+,34-,35-,36+/m1/s1. The maximum Gasteiger partial charge on any atom is 0.303 e. The fourth-order valence-corrected chi connectivity index (χ4v) is 12.0. The Morgan fingerprint density at radius 1 is 0.889 bits per heavy atom. The van der Waals surface area contributed by atoms with Gasteiger partial charge < -0.3 is 14.2 Å². The van der Waals surface area contributed by atoms with Crippen LogP contribution < -0.4 is 5.48 Å². The number of ether oxygens (including phenoxy) is 3. The van der Waals surface area contributed by atoms with E-state index in [9.17, 15) is 24.4 Å². The second kappa shape index (κ2) is 11.4. The highest BCUT2D eigenvalue weighted by Gasteiger charge is 2.72. The molecule has 1 amide bonds. The lowest BCUT2D eigenvalue weighted by atomic mass is 9.33. The molecule has 5 rings (SSSR count). The molecule has 12 atom stereocenters. The first-order valence-electron chi connectivity index (χ1n) is 17.0. The minimum Gasteiger partial charge on any atom is -0.465 e. The molecule has 0 bridgehead atoms. The SMILES string of the molecule is CC(=O)OC[C@@]1(C)[C@@H]2CC[C@]3(C)[C@H](CC=C4[C@@H]5[C@@H](C)[C@H](C)CC[C@]5(C(=O)NO)CC[C@]43C)[C@@]2(C)C[C@@H](OC(C)=O)[C@@H]1OC(C)=O. The molecule has 0 spiro atoms. The molecule has 252 valence electrons. The zero-order valence-corrected chi connectivity index (χ0v) is 28.8. The van der Waals surface area contributed by atoms with Crippen molar-refractivity contribution in [2.75, 3.05) is 6.61 Å². The summed E-state index contributed by atoms with van der Waals surface area (Å²) in [5.41, 5.74) is 1.44. The Bertz CT molecular complexity index is 1280. The summed E-state index contributed by atoms with van der Waals surface area (Å²) in [6.07, 6.45) is 7.46. The van der Waals surface area contributed by atoms with E-state index >= 15 is 0 Å². The van der Waals surface area contributed by atoms with E-state index in [1.54, 1.807) is 0 Å². The lowest BCUT2D eigenvalue weighted by molar-refractivity contribution is -0.256. The van der Waals surface area contributed by atoms with Gasteiger partial charge in [0.15, 0.2) is 0 Å². The Morgan fingerprint density at radius 3 is 2.16 bits per heavy atom. The summed E-state index contributed by atoms with van der Waals surface area (Å²) in [6, 6.07) is 0. The number of nitrogens with one attached hydrogen (secondary N) is 1. The third kappa shape index (κ3) is 4.88. The molecule has 5 aliphatic carbocycles. The smallest absolute Gasteiger partial charge is 0.303 e. The third-order valence-corrected chi connectivity index (χ3v) is 14.4. The van der Waals surface area contributed by atoms with E-state index in [1.165, 1.54) is 26.3 Å². The highest BCUT2D eigenvalue weighted by atomic mass is 16.6. The van der Waals surface area contributed by atoms with Crippen molar-refractivity contribution in [2.45, 2.75) is 126 Å². The summed E-state index contributed by atoms with van der Waals surface area (Å²) in [5, 5.41) is 9.91. The number of hydroxylamine groups is 1. The van der Waals surface area contributed by atoms with Gasteiger partial charge in [0.05, 0.1) is 5.41 Å². The second-order valence-electron chi connectivity index (χ2n) is 16.4. The molecule has 2 N–H and O–H groups in total. The maximum absolute atomic E-state index is 13.5. The van der Waals surface area contributed by atoms with Gasteiger partial charge in [0, 0.05) is 26.2 Å². The molecule has 45 heavy (non-hydrogen) atoms. The van der Waals surface area contributed by atoms with Crippen molar-refractivity contribution in [3.05, 3.63) is 11.6 Å². The molecule has 9 nitrogen and oxygen atoms in total. The minimum atomic E-state index is -0.773. The average Bonchev–Trinajstić information content (AvgIpc) is 2.95. The highest BCUT2D eigenvalue weighted by Crippen LogP contribution is 2.76. The monoisotopic (exact) mass is 629 g/mol. The van der Waals surface area contributed by atoms with Gasteiger partial charge in [0.2, 0.25) is 5.91 Å². The number of hydrogen-bond donors (Lipinski definition) is 2. The maximum atomic E-state index is 13.5. The van der Waals surface area contributed by atoms with E-state index in [-0.39, 0.29) is 46.5 Å². The van der Waals surface area contributed by atoms with Crippen LogP contribution >= 0.6 is 0 Å². The van der Waals surface area contributed by atoms with Gasteiger partial charge in [0.25, 0.3) is 0 Å². The van der Waals surface area contributed by atoms with Gasteiger partial charge in [-0.15, -0.1) is 0 Å². The number of amides is 1. The summed E-state index contributed by atoms with van der Waals surface area (Å²) < 4.78 is 17.6. The first-order valence-corrected chi connectivity index (χ1v) is 17.0. The Labute approximate surface area is 268 Å². The summed E-state index contributed by atoms with van der Waals surface area (Å²) in [6.45, 7) is 18.0. The molecule has 0 radical (unpaired) electrons. The fourth-order valence-electron chi connectivity index (χ4n) is 12.0. The van der Waals surface area contributed by atoms with Crippen LogP contribution in [0, 0.1) is 56.7 Å². The van der Waals surface area contributed by atoms with Crippen LogP contribution in [0.3, 0.4) is 0 Å². The summed E-state index contributed by atoms with van der Waals surface area (Å²) in [4.78, 5) is 50.5. The molecule has 0 unspecified atom stereocenters. The van der Waals surface area contributed by atoms with Crippen LogP contribution in [0.2, 0.25) is 0 Å². The van der Waals surface area contributed by atoms with Crippen molar-refractivity contribution in [1.82, 2.24) is 5.48 Å². The van der Waals surface area contributed by atoms with Crippen LogP contribution in [0.25, 0.3) is 0 Å². The number of fused-ring (bicyclic) bond motifs is 7. The predicted molar refractivity (Wildman–Crippen MR) is 166 cm³/mol. The number of allylic oxidation sites excluding steroid dienone is 2. The van der Waals surface area contributed by atoms with Crippen LogP contribution in [-0.4, -0.2) is 47.8 Å². The largest absolute Gasteiger partial charge is 0.465 e. The van der Waals surface area contributed by atoms with Crippen molar-refractivity contribution in [3.63, 3.8) is 0 Å². The minimum absolute atomic E-state index is 0.0357. The Balaban J connectivity index is 1.63. The van der Waals surface area contributed by atoms with Gasteiger partial charge >= 0.3 is 17.9 Å². The van der Waals surface area contributed by atoms with Gasteiger partial charge in [0.1, 0.15) is 18.8 Å². The molecule has 4 fully saturated rings. The van der Waals surface area contributed by atoms with Gasteiger partial charge in [-0.25, -0.2) is 5.48 Å². The van der Waals surface area contributed by atoms with Gasteiger partial charge in [-0.3, -0.25) is 24.4 Å². The van der Waals surface area contributed by atoms with E-state index in [2.05, 4.69) is 46.2 Å². The quantitative estimate of drug-likeness (QED) is 0.122. The first-order chi connectivity index (χ1) is 20.9. The molecule has 0 heterocycles. The molecule has 9 heteroatoms. The lowest BCUT2D eigenvalue weighted by Gasteiger charge is -2.72. The highest BCUT2D eigenvalue weighted by molar-refractivity contribution is 5.83. The molecular weight excluding hydrogens is 574 g/mol. The molecule has 0 saturated heterocycles. The van der Waals surface area contributed by atoms with Crippen molar-refractivity contribution in [1.29, 1.82) is 0 Å². The van der Waals surface area contributed by atoms with E-state index in [0.717, 1.165) is 44.9 Å². The second-order valence-corrected chi connectivity index (χ2v) is 16.4. The Hall–Kier alpha value is -2.42. The Kier molecular flexibility index (Phi) is 8.58. The summed E-state index contributed by atoms with van der Waals surface area (Å²) in [7, 11) is 0. The normalized spacial score (nSPS) is 47.0. The van der Waals surface area contributed by atoms with Gasteiger partial charge in [-0.2, -0.15) is 0 Å². The topological polar surface area (TPSA) is 128 Å². The summed E-state index contributed by atoms with van der Waals surface area (Å²) in [5.74, 6) is -0.466. The van der Waals surface area contributed by atoms with Crippen LogP contribution in [0.4, 0.5) is 0 Å². The van der Waals surface area contributed by atoms with Crippen molar-refractivity contribution in [2.24, 2.45) is 56.7 Å². The average molecular weight is 630 g/mol. The van der Waals surface area contributed by atoms with E-state index in [0.29, 0.717) is 18.3 Å². The van der Waals surface area contributed by atoms with Crippen molar-refractivity contribution >= 4 is 23.8 Å².